The molecule has 4 amide bonds. The fourth-order valence-electron chi connectivity index (χ4n) is 9.47. The summed E-state index contributed by atoms with van der Waals surface area (Å²) in [6.07, 6.45) is 8.28. The molecule has 2 aliphatic heterocycles. The predicted octanol–water partition coefficient (Wildman–Crippen LogP) is 7.00. The number of amides is 4. The van der Waals surface area contributed by atoms with Crippen molar-refractivity contribution in [3.63, 3.8) is 0 Å². The van der Waals surface area contributed by atoms with Crippen LogP contribution in [0.5, 0.6) is 0 Å². The van der Waals surface area contributed by atoms with E-state index in [0.29, 0.717) is 11.8 Å². The molecule has 14 nitrogen and oxygen atoms in total. The Morgan fingerprint density at radius 3 is 1.59 bits per heavy atom. The highest BCUT2D eigenvalue weighted by atomic mass is 16.5. The summed E-state index contributed by atoms with van der Waals surface area (Å²) in [6.45, 7) is 7.71. The maximum Gasteiger partial charge on any atom is 0.407 e. The first-order valence-corrected chi connectivity index (χ1v) is 20.6. The lowest BCUT2D eigenvalue weighted by Crippen LogP contribution is -2.54. The van der Waals surface area contributed by atoms with Gasteiger partial charge in [0.05, 0.1) is 43.9 Å². The van der Waals surface area contributed by atoms with Gasteiger partial charge in [-0.2, -0.15) is 0 Å². The highest BCUT2D eigenvalue weighted by Crippen LogP contribution is 2.51. The Kier molecular flexibility index (Phi) is 10.8. The van der Waals surface area contributed by atoms with E-state index in [-0.39, 0.29) is 47.8 Å². The second-order valence-electron chi connectivity index (χ2n) is 17.0. The molecule has 0 radical (unpaired) electrons. The first kappa shape index (κ1) is 39.2. The number of ether oxygens (including phenoxy) is 2. The highest BCUT2D eigenvalue weighted by molar-refractivity contribution is 5.88. The van der Waals surface area contributed by atoms with Crippen LogP contribution in [0.15, 0.2) is 60.9 Å². The number of benzene rings is 2. The monoisotopic (exact) mass is 790 g/mol. The van der Waals surface area contributed by atoms with Crippen LogP contribution in [0.2, 0.25) is 0 Å². The number of H-pyrrole nitrogens is 2. The summed E-state index contributed by atoms with van der Waals surface area (Å²) < 4.78 is 9.64. The van der Waals surface area contributed by atoms with Gasteiger partial charge in [-0.15, -0.1) is 0 Å². The molecule has 2 saturated carbocycles. The number of aromatic nitrogens is 4. The van der Waals surface area contributed by atoms with Gasteiger partial charge in [0.15, 0.2) is 0 Å². The van der Waals surface area contributed by atoms with Crippen LogP contribution in [0.1, 0.15) is 90.0 Å². The molecule has 2 saturated heterocycles. The molecule has 4 fully saturated rings. The summed E-state index contributed by atoms with van der Waals surface area (Å²) >= 11 is 0. The molecule has 2 aliphatic carbocycles. The average Bonchev–Trinajstić information content (AvgIpc) is 4.00. The molecule has 0 spiro atoms. The van der Waals surface area contributed by atoms with Crippen molar-refractivity contribution in [3.05, 3.63) is 72.6 Å². The molecule has 8 atom stereocenters. The summed E-state index contributed by atoms with van der Waals surface area (Å²) in [6, 6.07) is 15.2. The van der Waals surface area contributed by atoms with E-state index >= 15 is 0 Å². The number of nitrogens with one attached hydrogen (secondary N) is 4. The first-order valence-electron chi connectivity index (χ1n) is 20.6. The Bertz CT molecular complexity index is 1990. The minimum atomic E-state index is -0.681. The molecule has 4 N–H and O–H groups in total. The quantitative estimate of drug-likeness (QED) is 0.126. The fraction of sp³-hybridized carbons (Fsp3) is 0.500. The van der Waals surface area contributed by atoms with Crippen molar-refractivity contribution in [2.75, 3.05) is 14.2 Å². The van der Waals surface area contributed by atoms with E-state index in [9.17, 15) is 19.2 Å². The third-order valence-electron chi connectivity index (χ3n) is 13.0. The van der Waals surface area contributed by atoms with Crippen molar-refractivity contribution in [1.29, 1.82) is 0 Å². The molecule has 4 aromatic rings. The van der Waals surface area contributed by atoms with E-state index < -0.39 is 24.3 Å². The lowest BCUT2D eigenvalue weighted by molar-refractivity contribution is -0.140. The van der Waals surface area contributed by atoms with Gasteiger partial charge in [0, 0.05) is 23.8 Å². The van der Waals surface area contributed by atoms with E-state index in [1.165, 1.54) is 14.2 Å². The van der Waals surface area contributed by atoms with Gasteiger partial charge in [-0.25, -0.2) is 19.6 Å². The zero-order chi connectivity index (χ0) is 40.8. The molecule has 2 aromatic heterocycles. The molecular formula is C44H54N8O6. The number of likely N-dealkylation sites (tertiary alicyclic amines) is 2. The van der Waals surface area contributed by atoms with Crippen molar-refractivity contribution in [2.45, 2.75) is 102 Å². The molecule has 306 valence electrons. The van der Waals surface area contributed by atoms with Crippen molar-refractivity contribution in [2.24, 2.45) is 23.7 Å². The van der Waals surface area contributed by atoms with Crippen LogP contribution in [-0.2, 0) is 19.1 Å². The molecule has 14 heteroatoms. The molecule has 0 bridgehead atoms. The zero-order valence-electron chi connectivity index (χ0n) is 34.0. The summed E-state index contributed by atoms with van der Waals surface area (Å²) in [7, 11) is 2.61. The van der Waals surface area contributed by atoms with Gasteiger partial charge >= 0.3 is 12.2 Å². The number of nitrogens with zero attached hydrogens (tertiary/aromatic N) is 4. The van der Waals surface area contributed by atoms with Gasteiger partial charge < -0.3 is 39.9 Å². The minimum absolute atomic E-state index is 0.0933. The lowest BCUT2D eigenvalue weighted by atomic mass is 9.80. The first-order chi connectivity index (χ1) is 27.9. The molecular weight excluding hydrogens is 737 g/mol. The smallest absolute Gasteiger partial charge is 0.407 e. The van der Waals surface area contributed by atoms with E-state index in [1.807, 2.05) is 49.9 Å². The number of rotatable bonds is 11. The number of carbonyl (C=O) groups is 4. The molecule has 58 heavy (non-hydrogen) atoms. The number of methoxy groups -OCH3 is 2. The van der Waals surface area contributed by atoms with E-state index in [0.717, 1.165) is 83.8 Å². The Labute approximate surface area is 338 Å². The SMILES string of the molecule is COC(=O)N[C@H](C(=O)N1[C@@H]2CC[C@@H]2C[C@H]1c1nc(-c2ccc(-c3ccc(-c4cnc([C@@H]5C[C@H]6CC[C@H]6N5C(=O)[C@@H](NC(=O)OC)C(C)C)[nH]4)cc3)cc2)c[nH]1)C(C)C. The van der Waals surface area contributed by atoms with Gasteiger partial charge in [0.1, 0.15) is 23.7 Å². The number of carbonyl (C=O) groups excluding carboxylic acids is 4. The Morgan fingerprint density at radius 1 is 0.672 bits per heavy atom. The summed E-state index contributed by atoms with van der Waals surface area (Å²) in [4.78, 5) is 72.6. The van der Waals surface area contributed by atoms with Crippen LogP contribution in [0.4, 0.5) is 9.59 Å². The lowest BCUT2D eigenvalue weighted by Gasteiger charge is -2.39. The normalized spacial score (nSPS) is 24.3. The average molecular weight is 791 g/mol. The van der Waals surface area contributed by atoms with Gasteiger partial charge in [0.25, 0.3) is 0 Å². The Hall–Kier alpha value is -5.66. The van der Waals surface area contributed by atoms with Crippen molar-refractivity contribution in [1.82, 2.24) is 40.4 Å². The molecule has 4 heterocycles. The molecule has 0 unspecified atom stereocenters. The summed E-state index contributed by atoms with van der Waals surface area (Å²) in [5.74, 6) is 1.99. The van der Waals surface area contributed by atoms with Crippen molar-refractivity contribution < 1.29 is 28.7 Å². The maximum atomic E-state index is 13.9. The Morgan fingerprint density at radius 2 is 1.14 bits per heavy atom. The second-order valence-corrected chi connectivity index (χ2v) is 17.0. The third-order valence-corrected chi connectivity index (χ3v) is 13.0. The van der Waals surface area contributed by atoms with Gasteiger partial charge in [0.2, 0.25) is 11.8 Å². The standard InChI is InChI=1S/C44H54N8O6/c1-23(2)37(49-43(55)57-5)41(53)51-33-17-15-29(33)19-35(51)39-45-21-31(47-39)27-11-7-25(8-12-27)26-9-13-28(14-10-26)32-22-46-40(48-32)36-20-30-16-18-34(30)52(36)42(54)38(24(3)4)50-44(56)58-6/h7-14,21-24,29-30,33-38H,15-20H2,1-6H3,(H,45,47)(H,46,48)(H,49,55)(H,50,56)/t29-,30-,33-,34-,35+,36+,37+,38+/m1/s1. The van der Waals surface area contributed by atoms with Crippen LogP contribution in [0.3, 0.4) is 0 Å². The summed E-state index contributed by atoms with van der Waals surface area (Å²) in [5.41, 5.74) is 5.77. The van der Waals surface area contributed by atoms with Gasteiger partial charge in [-0.3, -0.25) is 9.59 Å². The second kappa shape index (κ2) is 15.9. The number of hydrogen-bond donors (Lipinski definition) is 4. The number of imidazole rings is 2. The molecule has 2 aromatic carbocycles. The van der Waals surface area contributed by atoms with E-state index in [1.54, 1.807) is 0 Å². The number of alkyl carbamates (subject to hydrolysis) is 2. The maximum absolute atomic E-state index is 13.9. The topological polar surface area (TPSA) is 175 Å². The van der Waals surface area contributed by atoms with E-state index in [4.69, 9.17) is 19.4 Å². The summed E-state index contributed by atoms with van der Waals surface area (Å²) in [5, 5.41) is 5.51. The third kappa shape index (κ3) is 7.21. The molecule has 4 aliphatic rings. The van der Waals surface area contributed by atoms with Crippen LogP contribution in [0, 0.1) is 23.7 Å². The highest BCUT2D eigenvalue weighted by Gasteiger charge is 2.53. The number of fused-ring (bicyclic) bond motifs is 2. The van der Waals surface area contributed by atoms with E-state index in [2.05, 4.69) is 69.1 Å². The van der Waals surface area contributed by atoms with Crippen LogP contribution >= 0.6 is 0 Å². The van der Waals surface area contributed by atoms with Crippen LogP contribution < -0.4 is 10.6 Å². The van der Waals surface area contributed by atoms with Gasteiger partial charge in [-0.05, 0) is 78.9 Å². The number of hydrogen-bond acceptors (Lipinski definition) is 8. The largest absolute Gasteiger partial charge is 0.453 e. The van der Waals surface area contributed by atoms with Crippen LogP contribution in [0.25, 0.3) is 33.6 Å². The predicted molar refractivity (Wildman–Crippen MR) is 217 cm³/mol. The number of aromatic amines is 2. The Balaban J connectivity index is 0.945. The van der Waals surface area contributed by atoms with Crippen molar-refractivity contribution >= 4 is 24.0 Å². The van der Waals surface area contributed by atoms with Gasteiger partial charge in [-0.1, -0.05) is 76.2 Å². The fourth-order valence-corrected chi connectivity index (χ4v) is 9.47. The minimum Gasteiger partial charge on any atom is -0.453 e. The molecule has 8 rings (SSSR count). The zero-order valence-corrected chi connectivity index (χ0v) is 34.0. The van der Waals surface area contributed by atoms with Crippen molar-refractivity contribution in [3.8, 4) is 33.6 Å². The van der Waals surface area contributed by atoms with Crippen LogP contribution in [-0.4, -0.2) is 92.1 Å².